The van der Waals surface area contributed by atoms with E-state index in [0.717, 1.165) is 76.7 Å². The first-order chi connectivity index (χ1) is 19.7. The number of nitrogens with two attached hydrogens (primary N) is 1. The Morgan fingerprint density at radius 1 is 1.20 bits per heavy atom. The molecule has 5 aliphatic rings. The number of aliphatic hydroxyl groups is 2. The lowest BCUT2D eigenvalue weighted by Gasteiger charge is -2.60. The van der Waals surface area contributed by atoms with Gasteiger partial charge in [-0.05, 0) is 69.9 Å². The predicted molar refractivity (Wildman–Crippen MR) is 155 cm³/mol. The number of allylic oxidation sites excluding steroid dienone is 1. The molecular weight excluding hydrogens is 522 g/mol. The van der Waals surface area contributed by atoms with Gasteiger partial charge in [0.15, 0.2) is 0 Å². The van der Waals surface area contributed by atoms with E-state index in [2.05, 4.69) is 17.6 Å². The van der Waals surface area contributed by atoms with Crippen LogP contribution in [0.2, 0.25) is 0 Å². The van der Waals surface area contributed by atoms with E-state index < -0.39 is 17.0 Å². The van der Waals surface area contributed by atoms with Gasteiger partial charge in [-0.1, -0.05) is 31.8 Å². The zero-order valence-electron chi connectivity index (χ0n) is 25.2. The Balaban J connectivity index is 1.55. The molecule has 3 saturated carbocycles. The lowest BCUT2D eigenvalue weighted by molar-refractivity contribution is -0.828. The highest BCUT2D eigenvalue weighted by atomic mass is 16.5. The van der Waals surface area contributed by atoms with Gasteiger partial charge in [-0.25, -0.2) is 4.99 Å². The first-order valence-corrected chi connectivity index (χ1v) is 16.1. The van der Waals surface area contributed by atoms with Crippen LogP contribution < -0.4 is 26.4 Å². The van der Waals surface area contributed by atoms with Crippen molar-refractivity contribution in [2.24, 2.45) is 39.3 Å². The Morgan fingerprint density at radius 3 is 2.68 bits per heavy atom. The number of aliphatic hydroxyl groups excluding tert-OH is 1. The first kappa shape index (κ1) is 30.9. The number of carbonyl (C=O) groups excluding carboxylic acids is 1. The molecule has 1 saturated heterocycles. The summed E-state index contributed by atoms with van der Waals surface area (Å²) in [5.74, 6) is 0.141. The van der Waals surface area contributed by atoms with Crippen molar-refractivity contribution in [1.82, 2.24) is 10.6 Å². The molecule has 0 amide bonds. The van der Waals surface area contributed by atoms with Crippen molar-refractivity contribution >= 4 is 11.9 Å². The van der Waals surface area contributed by atoms with E-state index in [1.54, 1.807) is 0 Å². The SMILES string of the molecule is CNCCN=C(N)[NH+]1CC[C@H](CNCCO)[C@@]2(C1)[C@@H]1CC[C@@H](C)[C@]23C[C@](O)(COC2CCCCC2)C(C(=O)[O-])=C3C1. The summed E-state index contributed by atoms with van der Waals surface area (Å²) in [6, 6.07) is 0. The van der Waals surface area contributed by atoms with Crippen LogP contribution in [0.5, 0.6) is 0 Å². The first-order valence-electron chi connectivity index (χ1n) is 16.1. The standard InChI is InChI=1S/C31H53N5O5/c1-21-8-9-22-16-25-26(27(38)39)29(40,20-41-24-6-4-3-5-7-24)18-30(21,25)31(22)19-36(28(32)35-12-11-33-2)14-10-23(31)17-34-13-15-37/h21-24,33-34,37,40H,3-20H2,1-2H3,(H2,32,35)(H,38,39)/t21-,22-,23-,29+,30+,31-/m1/s1. The van der Waals surface area contributed by atoms with Crippen LogP contribution in [0, 0.1) is 28.6 Å². The maximum Gasteiger partial charge on any atom is 0.293 e. The fraction of sp³-hybridized carbons (Fsp3) is 0.871. The Morgan fingerprint density at radius 2 is 1.98 bits per heavy atom. The maximum atomic E-state index is 12.9. The zero-order chi connectivity index (χ0) is 29.3. The van der Waals surface area contributed by atoms with Crippen molar-refractivity contribution < 1.29 is 29.8 Å². The summed E-state index contributed by atoms with van der Waals surface area (Å²) in [6.45, 7) is 6.63. The van der Waals surface area contributed by atoms with Gasteiger partial charge in [0.25, 0.3) is 5.96 Å². The summed E-state index contributed by atoms with van der Waals surface area (Å²) in [5, 5.41) is 41.3. The van der Waals surface area contributed by atoms with Gasteiger partial charge in [-0.15, -0.1) is 0 Å². The number of carbonyl (C=O) groups is 1. The highest BCUT2D eigenvalue weighted by Crippen LogP contribution is 2.76. The number of hydrogen-bond donors (Lipinski definition) is 6. The molecule has 7 N–H and O–H groups in total. The maximum absolute atomic E-state index is 12.9. The van der Waals surface area contributed by atoms with Crippen LogP contribution in [-0.2, 0) is 9.53 Å². The van der Waals surface area contributed by atoms with Crippen molar-refractivity contribution in [3.8, 4) is 0 Å². The zero-order valence-corrected chi connectivity index (χ0v) is 25.2. The number of guanidine groups is 1. The van der Waals surface area contributed by atoms with Crippen molar-refractivity contribution in [3.05, 3.63) is 11.1 Å². The number of likely N-dealkylation sites (tertiary alicyclic amines) is 1. The van der Waals surface area contributed by atoms with Crippen LogP contribution in [0.25, 0.3) is 0 Å². The number of ether oxygens (including phenoxy) is 1. The summed E-state index contributed by atoms with van der Waals surface area (Å²) in [4.78, 5) is 18.8. The highest BCUT2D eigenvalue weighted by Gasteiger charge is 2.75. The number of aliphatic carboxylic acids is 1. The number of likely N-dealkylation sites (N-methyl/N-ethyl adjacent to an activating group) is 1. The summed E-state index contributed by atoms with van der Waals surface area (Å²) < 4.78 is 6.32. The number of hydrogen-bond acceptors (Lipinski definition) is 8. The molecular formula is C31H53N5O5. The molecule has 0 aromatic carbocycles. The number of carboxylic acids is 1. The molecule has 10 heteroatoms. The Labute approximate surface area is 245 Å². The summed E-state index contributed by atoms with van der Waals surface area (Å²) in [6.07, 6.45) is 9.43. The minimum absolute atomic E-state index is 0.0112. The average molecular weight is 576 g/mol. The average Bonchev–Trinajstić information content (AvgIpc) is 3.31. The van der Waals surface area contributed by atoms with E-state index in [0.29, 0.717) is 37.8 Å². The molecule has 10 nitrogen and oxygen atoms in total. The third-order valence-electron chi connectivity index (χ3n) is 11.7. The van der Waals surface area contributed by atoms with Crippen molar-refractivity contribution in [1.29, 1.82) is 0 Å². The second-order valence-corrected chi connectivity index (χ2v) is 13.6. The van der Waals surface area contributed by atoms with Gasteiger partial charge in [0.1, 0.15) is 5.60 Å². The topological polar surface area (TPSA) is 157 Å². The number of quaternary nitrogens is 1. The monoisotopic (exact) mass is 575 g/mol. The number of piperidine rings is 1. The Kier molecular flexibility index (Phi) is 9.48. The van der Waals surface area contributed by atoms with E-state index in [-0.39, 0.29) is 42.1 Å². The van der Waals surface area contributed by atoms with Gasteiger partial charge < -0.3 is 41.2 Å². The number of aliphatic imine (C=N–C) groups is 1. The number of nitrogens with zero attached hydrogens (tertiary/aromatic N) is 1. The molecule has 2 bridgehead atoms. The molecule has 1 heterocycles. The number of rotatable bonds is 11. The molecule has 232 valence electrons. The fourth-order valence-corrected chi connectivity index (χ4v) is 10.0. The van der Waals surface area contributed by atoms with Gasteiger partial charge in [-0.3, -0.25) is 4.90 Å². The molecule has 5 rings (SSSR count). The molecule has 4 aliphatic carbocycles. The van der Waals surface area contributed by atoms with Gasteiger partial charge in [0.05, 0.1) is 44.9 Å². The van der Waals surface area contributed by atoms with Crippen LogP contribution >= 0.6 is 0 Å². The molecule has 0 aromatic heterocycles. The second kappa shape index (κ2) is 12.6. The second-order valence-electron chi connectivity index (χ2n) is 13.6. The molecule has 1 aliphatic heterocycles. The lowest BCUT2D eigenvalue weighted by atomic mass is 9.45. The summed E-state index contributed by atoms with van der Waals surface area (Å²) in [5.41, 5.74) is 5.36. The minimum atomic E-state index is -1.57. The molecule has 41 heavy (non-hydrogen) atoms. The van der Waals surface area contributed by atoms with Crippen molar-refractivity contribution in [2.75, 3.05) is 59.5 Å². The van der Waals surface area contributed by atoms with Crippen molar-refractivity contribution in [3.63, 3.8) is 0 Å². The van der Waals surface area contributed by atoms with E-state index in [1.165, 1.54) is 11.3 Å². The third kappa shape index (κ3) is 5.27. The molecule has 7 atom stereocenters. The lowest BCUT2D eigenvalue weighted by Crippen LogP contribution is -3.19. The normalized spacial score (nSPS) is 39.5. The van der Waals surface area contributed by atoms with Gasteiger partial charge >= 0.3 is 0 Å². The fourth-order valence-electron chi connectivity index (χ4n) is 10.0. The molecule has 1 unspecified atom stereocenters. The van der Waals surface area contributed by atoms with Crippen LogP contribution in [0.1, 0.15) is 71.1 Å². The van der Waals surface area contributed by atoms with Crippen molar-refractivity contribution in [2.45, 2.75) is 82.8 Å². The van der Waals surface area contributed by atoms with Gasteiger partial charge in [0, 0.05) is 35.9 Å². The van der Waals surface area contributed by atoms with E-state index in [4.69, 9.17) is 15.5 Å². The molecule has 2 spiro atoms. The smallest absolute Gasteiger partial charge is 0.293 e. The van der Waals surface area contributed by atoms with E-state index in [1.807, 2.05) is 7.05 Å². The minimum Gasteiger partial charge on any atom is -0.545 e. The quantitative estimate of drug-likeness (QED) is 0.104. The Hall–Kier alpha value is -1.56. The molecule has 0 radical (unpaired) electrons. The third-order valence-corrected chi connectivity index (χ3v) is 11.7. The number of nitrogens with one attached hydrogen (secondary N) is 3. The van der Waals surface area contributed by atoms with Crippen LogP contribution in [0.4, 0.5) is 0 Å². The van der Waals surface area contributed by atoms with E-state index >= 15 is 0 Å². The summed E-state index contributed by atoms with van der Waals surface area (Å²) in [7, 11) is 1.90. The van der Waals surface area contributed by atoms with Crippen LogP contribution in [0.15, 0.2) is 16.1 Å². The predicted octanol–water partition coefficient (Wildman–Crippen LogP) is -1.04. The van der Waals surface area contributed by atoms with Crippen LogP contribution in [-0.4, -0.2) is 93.4 Å². The summed E-state index contributed by atoms with van der Waals surface area (Å²) >= 11 is 0. The molecule has 4 fully saturated rings. The Bertz CT molecular complexity index is 1010. The van der Waals surface area contributed by atoms with Gasteiger partial charge in [0.2, 0.25) is 0 Å². The largest absolute Gasteiger partial charge is 0.545 e. The van der Waals surface area contributed by atoms with E-state index in [9.17, 15) is 20.1 Å². The van der Waals surface area contributed by atoms with Crippen LogP contribution in [0.3, 0.4) is 0 Å². The van der Waals surface area contributed by atoms with Gasteiger partial charge in [-0.2, -0.15) is 0 Å². The molecule has 0 aromatic rings. The highest BCUT2D eigenvalue weighted by molar-refractivity contribution is 5.90. The number of carboxylic acid groups (broad SMARTS) is 1.